The van der Waals surface area contributed by atoms with E-state index < -0.39 is 0 Å². The molecule has 0 aliphatic heterocycles. The molecule has 5 heteroatoms. The third-order valence-electron chi connectivity index (χ3n) is 3.65. The second-order valence-electron chi connectivity index (χ2n) is 5.02. The highest BCUT2D eigenvalue weighted by atomic mass is 16.1. The molecule has 1 heterocycles. The molecule has 1 aromatic carbocycles. The van der Waals surface area contributed by atoms with E-state index in [9.17, 15) is 4.79 Å². The maximum Gasteiger partial charge on any atom is 0.179 e. The van der Waals surface area contributed by atoms with Gasteiger partial charge in [-0.1, -0.05) is 17.0 Å². The minimum Gasteiger partial charge on any atom is -0.352 e. The molecule has 0 bridgehead atoms. The number of aryl methyl sites for hydroxylation is 1. The van der Waals surface area contributed by atoms with Gasteiger partial charge in [0, 0.05) is 40.8 Å². The SMILES string of the molecule is [N-]=[N+]=NCCC#Cc1ccc2[nH]c3c(c2c1)CCCC3=O. The highest BCUT2D eigenvalue weighted by Crippen LogP contribution is 2.29. The molecule has 2 aromatic rings. The van der Waals surface area contributed by atoms with Crippen molar-refractivity contribution in [2.75, 3.05) is 6.54 Å². The number of H-pyrrole nitrogens is 1. The van der Waals surface area contributed by atoms with Crippen molar-refractivity contribution in [3.63, 3.8) is 0 Å². The van der Waals surface area contributed by atoms with Crippen LogP contribution in [0.5, 0.6) is 0 Å². The summed E-state index contributed by atoms with van der Waals surface area (Å²) in [6.07, 6.45) is 3.04. The molecule has 0 atom stereocenters. The number of aromatic nitrogens is 1. The van der Waals surface area contributed by atoms with Gasteiger partial charge in [-0.15, -0.1) is 0 Å². The highest BCUT2D eigenvalue weighted by Gasteiger charge is 2.21. The molecule has 104 valence electrons. The Morgan fingerprint density at radius 1 is 1.38 bits per heavy atom. The Labute approximate surface area is 122 Å². The summed E-state index contributed by atoms with van der Waals surface area (Å²) in [4.78, 5) is 17.8. The predicted molar refractivity (Wildman–Crippen MR) is 81.1 cm³/mol. The Kier molecular flexibility index (Phi) is 3.63. The number of rotatable bonds is 2. The highest BCUT2D eigenvalue weighted by molar-refractivity contribution is 6.03. The van der Waals surface area contributed by atoms with Crippen molar-refractivity contribution in [3.8, 4) is 11.8 Å². The van der Waals surface area contributed by atoms with Crippen LogP contribution >= 0.6 is 0 Å². The van der Waals surface area contributed by atoms with Crippen molar-refractivity contribution in [1.29, 1.82) is 0 Å². The fraction of sp³-hybridized carbons (Fsp3) is 0.312. The fourth-order valence-electron chi connectivity index (χ4n) is 2.69. The molecule has 1 aliphatic rings. The predicted octanol–water partition coefficient (Wildman–Crippen LogP) is 3.74. The lowest BCUT2D eigenvalue weighted by atomic mass is 9.94. The van der Waals surface area contributed by atoms with Gasteiger partial charge in [-0.3, -0.25) is 4.79 Å². The summed E-state index contributed by atoms with van der Waals surface area (Å²) in [5.74, 6) is 6.26. The van der Waals surface area contributed by atoms with Crippen LogP contribution in [-0.4, -0.2) is 17.3 Å². The van der Waals surface area contributed by atoms with E-state index in [1.54, 1.807) is 0 Å². The zero-order valence-electron chi connectivity index (χ0n) is 11.5. The monoisotopic (exact) mass is 278 g/mol. The van der Waals surface area contributed by atoms with Crippen LogP contribution in [0.25, 0.3) is 21.3 Å². The van der Waals surface area contributed by atoms with Gasteiger partial charge < -0.3 is 4.98 Å². The topological polar surface area (TPSA) is 81.6 Å². The van der Waals surface area contributed by atoms with Crippen LogP contribution in [-0.2, 0) is 6.42 Å². The van der Waals surface area contributed by atoms with E-state index in [1.165, 1.54) is 0 Å². The van der Waals surface area contributed by atoms with Gasteiger partial charge in [0.1, 0.15) is 0 Å². The van der Waals surface area contributed by atoms with Gasteiger partial charge in [-0.2, -0.15) is 0 Å². The molecule has 0 fully saturated rings. The number of hydrogen-bond donors (Lipinski definition) is 1. The Balaban J connectivity index is 1.93. The minimum atomic E-state index is 0.203. The fourth-order valence-corrected chi connectivity index (χ4v) is 2.69. The normalized spacial score (nSPS) is 13.2. The molecule has 0 saturated carbocycles. The van der Waals surface area contributed by atoms with E-state index in [2.05, 4.69) is 26.9 Å². The van der Waals surface area contributed by atoms with Gasteiger partial charge in [0.25, 0.3) is 0 Å². The number of hydrogen-bond acceptors (Lipinski definition) is 2. The lowest BCUT2D eigenvalue weighted by Crippen LogP contribution is -2.09. The summed E-state index contributed by atoms with van der Waals surface area (Å²) in [7, 11) is 0. The standard InChI is InChI=1S/C16H14N4O/c17-20-18-9-2-1-4-11-7-8-14-13(10-11)12-5-3-6-15(21)16(12)19-14/h7-8,10,19H,2-3,5-6,9H2. The number of fused-ring (bicyclic) bond motifs is 3. The smallest absolute Gasteiger partial charge is 0.179 e. The molecule has 0 amide bonds. The summed E-state index contributed by atoms with van der Waals surface area (Å²) in [5, 5.41) is 4.54. The lowest BCUT2D eigenvalue weighted by molar-refractivity contribution is 0.0968. The molecular formula is C16H14N4O. The van der Waals surface area contributed by atoms with Crippen LogP contribution in [0.1, 0.15) is 40.9 Å². The summed E-state index contributed by atoms with van der Waals surface area (Å²) >= 11 is 0. The van der Waals surface area contributed by atoms with Gasteiger partial charge in [0.05, 0.1) is 5.69 Å². The van der Waals surface area contributed by atoms with E-state index in [0.717, 1.165) is 40.6 Å². The Morgan fingerprint density at radius 2 is 2.29 bits per heavy atom. The van der Waals surface area contributed by atoms with Gasteiger partial charge in [0.15, 0.2) is 5.78 Å². The van der Waals surface area contributed by atoms with Crippen molar-refractivity contribution in [3.05, 3.63) is 45.5 Å². The first-order valence-electron chi connectivity index (χ1n) is 6.97. The second-order valence-corrected chi connectivity index (χ2v) is 5.02. The maximum atomic E-state index is 11.9. The average molecular weight is 278 g/mol. The van der Waals surface area contributed by atoms with Gasteiger partial charge in [-0.05, 0) is 42.1 Å². The maximum absolute atomic E-state index is 11.9. The lowest BCUT2D eigenvalue weighted by Gasteiger charge is -2.09. The van der Waals surface area contributed by atoms with Gasteiger partial charge in [-0.25, -0.2) is 0 Å². The molecule has 1 aromatic heterocycles. The van der Waals surface area contributed by atoms with E-state index in [0.29, 0.717) is 19.4 Å². The van der Waals surface area contributed by atoms with Crippen LogP contribution in [0.3, 0.4) is 0 Å². The molecular weight excluding hydrogens is 264 g/mol. The largest absolute Gasteiger partial charge is 0.352 e. The van der Waals surface area contributed by atoms with Crippen LogP contribution in [0.4, 0.5) is 0 Å². The summed E-state index contributed by atoms with van der Waals surface area (Å²) in [5.41, 5.74) is 12.0. The number of nitrogens with one attached hydrogen (secondary N) is 1. The molecule has 3 rings (SSSR count). The molecule has 1 N–H and O–H groups in total. The molecule has 5 nitrogen and oxygen atoms in total. The number of Topliss-reactive ketones (excluding diaryl/α,β-unsaturated/α-hetero) is 1. The van der Waals surface area contributed by atoms with Crippen molar-refractivity contribution < 1.29 is 4.79 Å². The molecule has 0 spiro atoms. The number of ketones is 1. The Bertz CT molecular complexity index is 816. The first kappa shape index (κ1) is 13.3. The van der Waals surface area contributed by atoms with Gasteiger partial charge in [0.2, 0.25) is 0 Å². The number of azide groups is 1. The minimum absolute atomic E-state index is 0.203. The Morgan fingerprint density at radius 3 is 3.14 bits per heavy atom. The molecule has 0 radical (unpaired) electrons. The van der Waals surface area contributed by atoms with E-state index in [-0.39, 0.29) is 5.78 Å². The zero-order chi connectivity index (χ0) is 14.7. The van der Waals surface area contributed by atoms with Crippen molar-refractivity contribution in [1.82, 2.24) is 4.98 Å². The van der Waals surface area contributed by atoms with Crippen LogP contribution in [0, 0.1) is 11.8 Å². The molecule has 21 heavy (non-hydrogen) atoms. The number of carbonyl (C=O) groups excluding carboxylic acids is 1. The third kappa shape index (κ3) is 2.62. The van der Waals surface area contributed by atoms with E-state index in [1.807, 2.05) is 18.2 Å². The zero-order valence-corrected chi connectivity index (χ0v) is 11.5. The summed E-state index contributed by atoms with van der Waals surface area (Å²) < 4.78 is 0. The van der Waals surface area contributed by atoms with Gasteiger partial charge >= 0.3 is 0 Å². The first-order valence-corrected chi connectivity index (χ1v) is 6.97. The average Bonchev–Trinajstić information content (AvgIpc) is 2.87. The second kappa shape index (κ2) is 5.74. The van der Waals surface area contributed by atoms with Crippen LogP contribution < -0.4 is 0 Å². The summed E-state index contributed by atoms with van der Waals surface area (Å²) in [6.45, 7) is 0.389. The molecule has 0 saturated heterocycles. The van der Waals surface area contributed by atoms with Crippen molar-refractivity contribution in [2.45, 2.75) is 25.7 Å². The third-order valence-corrected chi connectivity index (χ3v) is 3.65. The number of aromatic amines is 1. The Hall–Kier alpha value is -2.70. The van der Waals surface area contributed by atoms with Crippen LogP contribution in [0.15, 0.2) is 23.3 Å². The number of benzene rings is 1. The van der Waals surface area contributed by atoms with E-state index >= 15 is 0 Å². The molecule has 1 aliphatic carbocycles. The number of nitrogens with zero attached hydrogens (tertiary/aromatic N) is 3. The number of carbonyl (C=O) groups is 1. The van der Waals surface area contributed by atoms with Crippen molar-refractivity contribution in [2.24, 2.45) is 5.11 Å². The first-order chi connectivity index (χ1) is 10.3. The van der Waals surface area contributed by atoms with Crippen LogP contribution in [0.2, 0.25) is 0 Å². The van der Waals surface area contributed by atoms with E-state index in [4.69, 9.17) is 5.53 Å². The summed E-state index contributed by atoms with van der Waals surface area (Å²) in [6, 6.07) is 5.94. The quantitative estimate of drug-likeness (QED) is 0.293. The van der Waals surface area contributed by atoms with Crippen molar-refractivity contribution >= 4 is 16.7 Å². The molecule has 0 unspecified atom stereocenters.